The van der Waals surface area contributed by atoms with Crippen molar-refractivity contribution < 1.29 is 14.5 Å². The van der Waals surface area contributed by atoms with Gasteiger partial charge in [-0.15, -0.1) is 0 Å². The Balaban J connectivity index is 1.81. The predicted octanol–water partition coefficient (Wildman–Crippen LogP) is 3.06. The van der Waals surface area contributed by atoms with Crippen molar-refractivity contribution in [2.45, 2.75) is 19.8 Å². The number of hydrogen-bond acceptors (Lipinski definition) is 4. The van der Waals surface area contributed by atoms with E-state index < -0.39 is 4.92 Å². The summed E-state index contributed by atoms with van der Waals surface area (Å²) in [6.07, 6.45) is 1.08. The molecule has 2 aromatic carbocycles. The number of aryl methyl sites for hydroxylation is 2. The molecule has 1 aliphatic heterocycles. The van der Waals surface area contributed by atoms with Gasteiger partial charge in [-0.05, 0) is 49.2 Å². The first-order valence-corrected chi connectivity index (χ1v) is 7.82. The van der Waals surface area contributed by atoms with E-state index in [1.807, 2.05) is 12.1 Å². The number of nitrogens with one attached hydrogen (secondary N) is 1. The van der Waals surface area contributed by atoms with Gasteiger partial charge in [0.2, 0.25) is 5.91 Å². The number of anilines is 2. The standard InChI is InChI=1S/C18H17N3O4/c1-11-9-13(3-6-15(11)21(24)25)18(23)19-14-5-7-16-12(10-14)4-8-17(22)20(16)2/h3,5-7,9-10H,4,8H2,1-2H3,(H,19,23). The van der Waals surface area contributed by atoms with E-state index in [1.165, 1.54) is 18.2 Å². The molecule has 1 heterocycles. The lowest BCUT2D eigenvalue weighted by Crippen LogP contribution is -2.31. The van der Waals surface area contributed by atoms with Gasteiger partial charge < -0.3 is 10.2 Å². The first-order chi connectivity index (χ1) is 11.9. The second-order valence-corrected chi connectivity index (χ2v) is 6.01. The number of nitro benzene ring substituents is 1. The maximum absolute atomic E-state index is 12.4. The Labute approximate surface area is 144 Å². The van der Waals surface area contributed by atoms with Crippen LogP contribution in [0.1, 0.15) is 27.9 Å². The van der Waals surface area contributed by atoms with Crippen LogP contribution in [0.15, 0.2) is 36.4 Å². The summed E-state index contributed by atoms with van der Waals surface area (Å²) in [5, 5.41) is 13.7. The van der Waals surface area contributed by atoms with Crippen LogP contribution in [-0.4, -0.2) is 23.8 Å². The van der Waals surface area contributed by atoms with E-state index >= 15 is 0 Å². The molecule has 25 heavy (non-hydrogen) atoms. The molecule has 0 saturated heterocycles. The Hall–Kier alpha value is -3.22. The Morgan fingerprint density at radius 1 is 1.20 bits per heavy atom. The minimum Gasteiger partial charge on any atom is -0.322 e. The summed E-state index contributed by atoms with van der Waals surface area (Å²) in [5.41, 5.74) is 3.25. The molecule has 2 aromatic rings. The molecular formula is C18H17N3O4. The number of benzene rings is 2. The van der Waals surface area contributed by atoms with Gasteiger partial charge in [-0.1, -0.05) is 0 Å². The third-order valence-electron chi connectivity index (χ3n) is 4.34. The highest BCUT2D eigenvalue weighted by Gasteiger charge is 2.21. The van der Waals surface area contributed by atoms with Gasteiger partial charge in [0.25, 0.3) is 11.6 Å². The van der Waals surface area contributed by atoms with Crippen LogP contribution in [0, 0.1) is 17.0 Å². The van der Waals surface area contributed by atoms with E-state index in [4.69, 9.17) is 0 Å². The van der Waals surface area contributed by atoms with Crippen molar-refractivity contribution in [1.82, 2.24) is 0 Å². The fourth-order valence-corrected chi connectivity index (χ4v) is 2.94. The molecule has 2 amide bonds. The quantitative estimate of drug-likeness (QED) is 0.687. The topological polar surface area (TPSA) is 92.6 Å². The van der Waals surface area contributed by atoms with Crippen molar-refractivity contribution in [1.29, 1.82) is 0 Å². The lowest BCUT2D eigenvalue weighted by molar-refractivity contribution is -0.385. The van der Waals surface area contributed by atoms with Gasteiger partial charge in [0.15, 0.2) is 0 Å². The summed E-state index contributed by atoms with van der Waals surface area (Å²) in [7, 11) is 1.73. The fourth-order valence-electron chi connectivity index (χ4n) is 2.94. The van der Waals surface area contributed by atoms with Crippen LogP contribution < -0.4 is 10.2 Å². The number of nitro groups is 1. The van der Waals surface area contributed by atoms with E-state index in [0.29, 0.717) is 29.7 Å². The molecule has 0 spiro atoms. The van der Waals surface area contributed by atoms with Gasteiger partial charge in [0.1, 0.15) is 0 Å². The number of nitrogens with zero attached hydrogens (tertiary/aromatic N) is 2. The third kappa shape index (κ3) is 3.21. The Morgan fingerprint density at radius 3 is 2.64 bits per heavy atom. The molecule has 1 N–H and O–H groups in total. The summed E-state index contributed by atoms with van der Waals surface area (Å²) in [5.74, 6) is -0.260. The third-order valence-corrected chi connectivity index (χ3v) is 4.34. The average Bonchev–Trinajstić information content (AvgIpc) is 2.58. The van der Waals surface area contributed by atoms with Crippen molar-refractivity contribution in [3.63, 3.8) is 0 Å². The number of carbonyl (C=O) groups excluding carboxylic acids is 2. The van der Waals surface area contributed by atoms with Gasteiger partial charge in [-0.2, -0.15) is 0 Å². The van der Waals surface area contributed by atoms with Crippen molar-refractivity contribution in [3.05, 3.63) is 63.2 Å². The molecule has 0 fully saturated rings. The molecule has 7 heteroatoms. The Morgan fingerprint density at radius 2 is 1.96 bits per heavy atom. The molecule has 0 unspecified atom stereocenters. The molecule has 0 bridgehead atoms. The van der Waals surface area contributed by atoms with E-state index in [1.54, 1.807) is 24.9 Å². The Kier molecular flexibility index (Phi) is 4.22. The largest absolute Gasteiger partial charge is 0.322 e. The van der Waals surface area contributed by atoms with Gasteiger partial charge in [0.05, 0.1) is 4.92 Å². The van der Waals surface area contributed by atoms with Crippen LogP contribution in [0.4, 0.5) is 17.1 Å². The van der Waals surface area contributed by atoms with E-state index in [9.17, 15) is 19.7 Å². The summed E-state index contributed by atoms with van der Waals surface area (Å²) >= 11 is 0. The zero-order valence-electron chi connectivity index (χ0n) is 13.9. The molecule has 0 aromatic heterocycles. The van der Waals surface area contributed by atoms with Crippen LogP contribution in [0.25, 0.3) is 0 Å². The van der Waals surface area contributed by atoms with Crippen molar-refractivity contribution in [3.8, 4) is 0 Å². The molecule has 128 valence electrons. The highest BCUT2D eigenvalue weighted by molar-refractivity contribution is 6.05. The minimum absolute atomic E-state index is 0.0157. The lowest BCUT2D eigenvalue weighted by atomic mass is 10.0. The second kappa shape index (κ2) is 6.35. The summed E-state index contributed by atoms with van der Waals surface area (Å²) in [6.45, 7) is 1.60. The van der Waals surface area contributed by atoms with Crippen LogP contribution in [0.2, 0.25) is 0 Å². The second-order valence-electron chi connectivity index (χ2n) is 6.01. The number of hydrogen-bond donors (Lipinski definition) is 1. The fraction of sp³-hybridized carbons (Fsp3) is 0.222. The van der Waals surface area contributed by atoms with Crippen molar-refractivity contribution in [2.24, 2.45) is 0 Å². The van der Waals surface area contributed by atoms with E-state index in [-0.39, 0.29) is 17.5 Å². The van der Waals surface area contributed by atoms with Gasteiger partial charge in [-0.25, -0.2) is 0 Å². The number of rotatable bonds is 3. The summed E-state index contributed by atoms with van der Waals surface area (Å²) < 4.78 is 0. The zero-order valence-corrected chi connectivity index (χ0v) is 13.9. The first kappa shape index (κ1) is 16.6. The molecule has 0 saturated carbocycles. The van der Waals surface area contributed by atoms with E-state index in [0.717, 1.165) is 11.3 Å². The predicted molar refractivity (Wildman–Crippen MR) is 94.0 cm³/mol. The maximum atomic E-state index is 12.4. The molecule has 7 nitrogen and oxygen atoms in total. The van der Waals surface area contributed by atoms with Gasteiger partial charge in [-0.3, -0.25) is 19.7 Å². The van der Waals surface area contributed by atoms with Crippen LogP contribution in [0.5, 0.6) is 0 Å². The van der Waals surface area contributed by atoms with Crippen molar-refractivity contribution in [2.75, 3.05) is 17.3 Å². The molecule has 0 radical (unpaired) electrons. The minimum atomic E-state index is -0.474. The first-order valence-electron chi connectivity index (χ1n) is 7.82. The van der Waals surface area contributed by atoms with Crippen molar-refractivity contribution >= 4 is 28.9 Å². The number of carbonyl (C=O) groups is 2. The van der Waals surface area contributed by atoms with Crippen LogP contribution in [-0.2, 0) is 11.2 Å². The summed E-state index contributed by atoms with van der Waals surface area (Å²) in [4.78, 5) is 36.1. The van der Waals surface area contributed by atoms with Gasteiger partial charge >= 0.3 is 0 Å². The zero-order chi connectivity index (χ0) is 18.1. The SMILES string of the molecule is Cc1cc(C(=O)Nc2ccc3c(c2)CCC(=O)N3C)ccc1[N+](=O)[O-]. The normalized spacial score (nSPS) is 13.4. The lowest BCUT2D eigenvalue weighted by Gasteiger charge is -2.26. The van der Waals surface area contributed by atoms with Crippen LogP contribution >= 0.6 is 0 Å². The monoisotopic (exact) mass is 339 g/mol. The highest BCUT2D eigenvalue weighted by Crippen LogP contribution is 2.29. The molecule has 3 rings (SSSR count). The smallest absolute Gasteiger partial charge is 0.272 e. The maximum Gasteiger partial charge on any atom is 0.272 e. The Bertz CT molecular complexity index is 892. The number of amides is 2. The molecular weight excluding hydrogens is 322 g/mol. The van der Waals surface area contributed by atoms with E-state index in [2.05, 4.69) is 5.32 Å². The molecule has 0 aliphatic carbocycles. The molecule has 1 aliphatic rings. The summed E-state index contributed by atoms with van der Waals surface area (Å²) in [6, 6.07) is 9.67. The molecule has 0 atom stereocenters. The average molecular weight is 339 g/mol. The number of fused-ring (bicyclic) bond motifs is 1. The van der Waals surface area contributed by atoms with Gasteiger partial charge in [0, 0.05) is 42.0 Å². The van der Waals surface area contributed by atoms with Crippen LogP contribution in [0.3, 0.4) is 0 Å². The highest BCUT2D eigenvalue weighted by atomic mass is 16.6.